The van der Waals surface area contributed by atoms with Crippen LogP contribution in [0.1, 0.15) is 5.56 Å². The molecule has 0 aliphatic rings. The highest BCUT2D eigenvalue weighted by Gasteiger charge is 2.06. The smallest absolute Gasteiger partial charge is 0.157 e. The minimum absolute atomic E-state index is 0.0769. The molecule has 0 saturated carbocycles. The fourth-order valence-corrected chi connectivity index (χ4v) is 2.21. The molecule has 2 nitrogen and oxygen atoms in total. The maximum absolute atomic E-state index is 12.8. The molecule has 1 unspecified atom stereocenters. The molecule has 0 fully saturated rings. The molecule has 0 aliphatic carbocycles. The summed E-state index contributed by atoms with van der Waals surface area (Å²) in [6, 6.07) is 13.4. The van der Waals surface area contributed by atoms with Crippen LogP contribution in [0.4, 0.5) is 4.39 Å². The minimum Gasteiger partial charge on any atom is -0.306 e. The Bertz CT molecular complexity index is 537. The zero-order chi connectivity index (χ0) is 12.3. The first-order valence-corrected chi connectivity index (χ1v) is 6.36. The fraction of sp³-hybridized carbons (Fsp3) is 0.0769. The van der Waals surface area contributed by atoms with Crippen molar-refractivity contribution in [1.29, 1.82) is 0 Å². The van der Waals surface area contributed by atoms with E-state index >= 15 is 0 Å². The van der Waals surface area contributed by atoms with E-state index in [1.807, 2.05) is 18.2 Å². The lowest BCUT2D eigenvalue weighted by atomic mass is 10.0. The van der Waals surface area contributed by atoms with E-state index in [4.69, 9.17) is 4.55 Å². The van der Waals surface area contributed by atoms with Crippen LogP contribution in [0.2, 0.25) is 0 Å². The van der Waals surface area contributed by atoms with Gasteiger partial charge in [-0.3, -0.25) is 0 Å². The quantitative estimate of drug-likeness (QED) is 0.849. The van der Waals surface area contributed by atoms with Gasteiger partial charge in [-0.05, 0) is 28.8 Å². The lowest BCUT2D eigenvalue weighted by molar-refractivity contribution is 0.563. The molecule has 2 aromatic carbocycles. The second kappa shape index (κ2) is 5.21. The van der Waals surface area contributed by atoms with E-state index in [2.05, 4.69) is 0 Å². The van der Waals surface area contributed by atoms with Crippen LogP contribution in [0.25, 0.3) is 11.1 Å². The molecular formula is C13H11FO2S. The molecule has 2 rings (SSSR count). The molecule has 0 radical (unpaired) electrons. The van der Waals surface area contributed by atoms with E-state index in [0.29, 0.717) is 0 Å². The van der Waals surface area contributed by atoms with Crippen molar-refractivity contribution in [1.82, 2.24) is 0 Å². The van der Waals surface area contributed by atoms with Crippen molar-refractivity contribution < 1.29 is 13.2 Å². The Kier molecular flexibility index (Phi) is 3.66. The third kappa shape index (κ3) is 2.99. The fourth-order valence-electron chi connectivity index (χ4n) is 1.69. The van der Waals surface area contributed by atoms with Crippen LogP contribution in [-0.4, -0.2) is 8.76 Å². The summed E-state index contributed by atoms with van der Waals surface area (Å²) >= 11 is -1.88. The van der Waals surface area contributed by atoms with E-state index in [1.54, 1.807) is 18.2 Å². The lowest BCUT2D eigenvalue weighted by Crippen LogP contribution is -1.95. The number of halogens is 1. The number of hydrogen-bond donors (Lipinski definition) is 1. The Balaban J connectivity index is 2.44. The van der Waals surface area contributed by atoms with E-state index < -0.39 is 11.1 Å². The topological polar surface area (TPSA) is 37.3 Å². The molecule has 1 N–H and O–H groups in total. The zero-order valence-corrected chi connectivity index (χ0v) is 9.78. The first kappa shape index (κ1) is 12.0. The highest BCUT2D eigenvalue weighted by molar-refractivity contribution is 7.78. The van der Waals surface area contributed by atoms with Crippen LogP contribution in [-0.2, 0) is 16.8 Å². The van der Waals surface area contributed by atoms with Gasteiger partial charge in [0, 0.05) is 0 Å². The molecule has 17 heavy (non-hydrogen) atoms. The van der Waals surface area contributed by atoms with Crippen LogP contribution in [0.15, 0.2) is 48.5 Å². The van der Waals surface area contributed by atoms with Gasteiger partial charge in [0.05, 0.1) is 5.75 Å². The summed E-state index contributed by atoms with van der Waals surface area (Å²) in [6.45, 7) is 0. The molecule has 2 aromatic rings. The first-order chi connectivity index (χ1) is 8.16. The molecular weight excluding hydrogens is 239 g/mol. The molecule has 0 heterocycles. The molecule has 0 saturated heterocycles. The van der Waals surface area contributed by atoms with Gasteiger partial charge in [-0.25, -0.2) is 8.60 Å². The Hall–Kier alpha value is -1.52. The standard InChI is InChI=1S/C13H11FO2S/c14-12-7-5-10(6-8-12)13-4-2-1-3-11(13)9-17(15)16/h1-8H,9H2,(H,15,16). The van der Waals surface area contributed by atoms with Crippen LogP contribution in [0.5, 0.6) is 0 Å². The van der Waals surface area contributed by atoms with Crippen LogP contribution in [0.3, 0.4) is 0 Å². The van der Waals surface area contributed by atoms with Gasteiger partial charge in [0.15, 0.2) is 11.1 Å². The number of rotatable bonds is 3. The summed E-state index contributed by atoms with van der Waals surface area (Å²) in [4.78, 5) is 0. The maximum Gasteiger partial charge on any atom is 0.157 e. The van der Waals surface area contributed by atoms with E-state index in [9.17, 15) is 8.60 Å². The second-order valence-electron chi connectivity index (χ2n) is 3.63. The maximum atomic E-state index is 12.8. The van der Waals surface area contributed by atoms with Gasteiger partial charge in [-0.15, -0.1) is 0 Å². The second-order valence-corrected chi connectivity index (χ2v) is 4.56. The predicted octanol–water partition coefficient (Wildman–Crippen LogP) is 3.21. The lowest BCUT2D eigenvalue weighted by Gasteiger charge is -2.07. The first-order valence-electron chi connectivity index (χ1n) is 5.08. The van der Waals surface area contributed by atoms with Crippen molar-refractivity contribution in [3.8, 4) is 11.1 Å². The summed E-state index contributed by atoms with van der Waals surface area (Å²) in [7, 11) is 0. The minimum atomic E-state index is -1.88. The van der Waals surface area contributed by atoms with Gasteiger partial charge < -0.3 is 4.55 Å². The van der Waals surface area contributed by atoms with Gasteiger partial charge >= 0.3 is 0 Å². The van der Waals surface area contributed by atoms with Crippen molar-refractivity contribution in [3.63, 3.8) is 0 Å². The Morgan fingerprint density at radius 3 is 2.35 bits per heavy atom. The van der Waals surface area contributed by atoms with Crippen molar-refractivity contribution in [2.75, 3.05) is 0 Å². The predicted molar refractivity (Wildman–Crippen MR) is 66.3 cm³/mol. The van der Waals surface area contributed by atoms with Crippen molar-refractivity contribution in [2.45, 2.75) is 5.75 Å². The number of benzene rings is 2. The third-order valence-corrected chi connectivity index (χ3v) is 3.01. The van der Waals surface area contributed by atoms with Gasteiger partial charge in [0.25, 0.3) is 0 Å². The van der Waals surface area contributed by atoms with E-state index in [0.717, 1.165) is 16.7 Å². The summed E-state index contributed by atoms with van der Waals surface area (Å²) in [5, 5.41) is 0. The molecule has 88 valence electrons. The SMILES string of the molecule is O=S(O)Cc1ccccc1-c1ccc(F)cc1. The highest BCUT2D eigenvalue weighted by Crippen LogP contribution is 2.24. The van der Waals surface area contributed by atoms with Crippen molar-refractivity contribution in [3.05, 3.63) is 59.9 Å². The molecule has 0 bridgehead atoms. The summed E-state index contributed by atoms with van der Waals surface area (Å²) in [5.41, 5.74) is 2.47. The molecule has 4 heteroatoms. The van der Waals surface area contributed by atoms with Crippen molar-refractivity contribution >= 4 is 11.1 Å². The summed E-state index contributed by atoms with van der Waals surface area (Å²) < 4.78 is 32.6. The molecule has 0 aliphatic heterocycles. The van der Waals surface area contributed by atoms with Crippen LogP contribution < -0.4 is 0 Å². The average Bonchev–Trinajstić information content (AvgIpc) is 2.30. The summed E-state index contributed by atoms with van der Waals surface area (Å²) in [6.07, 6.45) is 0. The van der Waals surface area contributed by atoms with Crippen LogP contribution in [0, 0.1) is 5.82 Å². The van der Waals surface area contributed by atoms with Gasteiger partial charge in [-0.2, -0.15) is 0 Å². The highest BCUT2D eigenvalue weighted by atomic mass is 32.2. The van der Waals surface area contributed by atoms with Gasteiger partial charge in [0.2, 0.25) is 0 Å². The van der Waals surface area contributed by atoms with Gasteiger partial charge in [0.1, 0.15) is 5.82 Å². The van der Waals surface area contributed by atoms with E-state index in [-0.39, 0.29) is 11.6 Å². The van der Waals surface area contributed by atoms with Crippen molar-refractivity contribution in [2.24, 2.45) is 0 Å². The van der Waals surface area contributed by atoms with Gasteiger partial charge in [-0.1, -0.05) is 36.4 Å². The molecule has 0 amide bonds. The summed E-state index contributed by atoms with van der Waals surface area (Å²) in [5.74, 6) is -0.218. The Morgan fingerprint density at radius 1 is 1.06 bits per heavy atom. The average molecular weight is 250 g/mol. The monoisotopic (exact) mass is 250 g/mol. The largest absolute Gasteiger partial charge is 0.306 e. The molecule has 0 spiro atoms. The Labute approximate surface area is 101 Å². The molecule has 1 atom stereocenters. The molecule has 0 aromatic heterocycles. The van der Waals surface area contributed by atoms with Crippen LogP contribution >= 0.6 is 0 Å². The van der Waals surface area contributed by atoms with E-state index in [1.165, 1.54) is 12.1 Å². The zero-order valence-electron chi connectivity index (χ0n) is 8.97. The third-order valence-electron chi connectivity index (χ3n) is 2.45. The Morgan fingerprint density at radius 2 is 1.71 bits per heavy atom. The normalized spacial score (nSPS) is 12.4. The number of hydrogen-bond acceptors (Lipinski definition) is 1.